The Bertz CT molecular complexity index is 1150. The van der Waals surface area contributed by atoms with Crippen molar-refractivity contribution >= 4 is 17.4 Å². The van der Waals surface area contributed by atoms with Gasteiger partial charge in [0.05, 0.1) is 18.2 Å². The zero-order valence-electron chi connectivity index (χ0n) is 23.0. The first-order chi connectivity index (χ1) is 18.4. The van der Waals surface area contributed by atoms with Gasteiger partial charge in [0.2, 0.25) is 0 Å². The van der Waals surface area contributed by atoms with Crippen molar-refractivity contribution < 1.29 is 24.2 Å². The Hall–Kier alpha value is -3.58. The SMILES string of the molecule is C=CCOc1ccc(/C(O)=C2\C(=O)C(=O)N(CCN(CC)CC)C2c2ccc(OCCCC)cc2)cc1C. The predicted molar refractivity (Wildman–Crippen MR) is 151 cm³/mol. The van der Waals surface area contributed by atoms with Crippen LogP contribution >= 0.6 is 0 Å². The minimum absolute atomic E-state index is 0.0911. The molecule has 3 rings (SSSR count). The molecule has 1 heterocycles. The third-order valence-electron chi connectivity index (χ3n) is 6.86. The highest BCUT2D eigenvalue weighted by molar-refractivity contribution is 6.46. The molecule has 1 aliphatic heterocycles. The first kappa shape index (κ1) is 29.0. The second-order valence-corrected chi connectivity index (χ2v) is 9.37. The summed E-state index contributed by atoms with van der Waals surface area (Å²) in [5, 5.41) is 11.4. The minimum Gasteiger partial charge on any atom is -0.507 e. The summed E-state index contributed by atoms with van der Waals surface area (Å²) in [6.07, 6.45) is 3.66. The van der Waals surface area contributed by atoms with Gasteiger partial charge < -0.3 is 24.4 Å². The van der Waals surface area contributed by atoms with Gasteiger partial charge in [0, 0.05) is 18.7 Å². The summed E-state index contributed by atoms with van der Waals surface area (Å²) in [6.45, 7) is 15.4. The van der Waals surface area contributed by atoms with Crippen LogP contribution in [0.15, 0.2) is 60.7 Å². The van der Waals surface area contributed by atoms with Gasteiger partial charge >= 0.3 is 0 Å². The molecule has 1 aliphatic rings. The van der Waals surface area contributed by atoms with E-state index in [2.05, 4.69) is 32.3 Å². The number of likely N-dealkylation sites (tertiary alicyclic amines) is 1. The van der Waals surface area contributed by atoms with Crippen LogP contribution in [0.4, 0.5) is 0 Å². The second kappa shape index (κ2) is 13.8. The number of nitrogens with zero attached hydrogens (tertiary/aromatic N) is 2. The number of aliphatic hydroxyl groups excluding tert-OH is 1. The molecule has 7 heteroatoms. The van der Waals surface area contributed by atoms with Gasteiger partial charge in [0.15, 0.2) is 0 Å². The van der Waals surface area contributed by atoms with E-state index in [0.29, 0.717) is 37.6 Å². The second-order valence-electron chi connectivity index (χ2n) is 9.37. The molecule has 1 amide bonds. The van der Waals surface area contributed by atoms with Crippen molar-refractivity contribution in [2.75, 3.05) is 39.4 Å². The zero-order chi connectivity index (χ0) is 27.7. The summed E-state index contributed by atoms with van der Waals surface area (Å²) in [5.41, 5.74) is 2.10. The van der Waals surface area contributed by atoms with Crippen LogP contribution in [0.1, 0.15) is 56.3 Å². The average molecular weight is 521 g/mol. The molecule has 2 aromatic rings. The average Bonchev–Trinajstić information content (AvgIpc) is 3.18. The third kappa shape index (κ3) is 6.64. The van der Waals surface area contributed by atoms with Crippen LogP contribution in [0, 0.1) is 6.92 Å². The van der Waals surface area contributed by atoms with Gasteiger partial charge in [0.1, 0.15) is 23.9 Å². The van der Waals surface area contributed by atoms with E-state index in [4.69, 9.17) is 9.47 Å². The van der Waals surface area contributed by atoms with Crippen molar-refractivity contribution in [2.24, 2.45) is 0 Å². The lowest BCUT2D eigenvalue weighted by Gasteiger charge is -2.28. The molecule has 1 saturated heterocycles. The number of benzene rings is 2. The van der Waals surface area contributed by atoms with Crippen molar-refractivity contribution in [3.05, 3.63) is 77.4 Å². The first-order valence-corrected chi connectivity index (χ1v) is 13.4. The summed E-state index contributed by atoms with van der Waals surface area (Å²) in [5.74, 6) is -0.0840. The molecule has 1 atom stereocenters. The van der Waals surface area contributed by atoms with Crippen molar-refractivity contribution in [2.45, 2.75) is 46.6 Å². The molecule has 2 aromatic carbocycles. The number of ketones is 1. The summed E-state index contributed by atoms with van der Waals surface area (Å²) < 4.78 is 11.5. The van der Waals surface area contributed by atoms with Gasteiger partial charge in [-0.05, 0) is 67.9 Å². The summed E-state index contributed by atoms with van der Waals surface area (Å²) in [6, 6.07) is 12.0. The van der Waals surface area contributed by atoms with Crippen LogP contribution < -0.4 is 9.47 Å². The van der Waals surface area contributed by atoms with Crippen LogP contribution in [0.5, 0.6) is 11.5 Å². The standard InChI is InChI=1S/C31H40N2O5/c1-6-10-20-37-25-14-11-23(12-15-25)28-27(30(35)31(36)33(28)18-17-32(8-3)9-4)29(34)24-13-16-26(22(5)21-24)38-19-7-2/h7,11-16,21,28,34H,2,6,8-10,17-20H2,1,3-5H3/b29-27+. The summed E-state index contributed by atoms with van der Waals surface area (Å²) in [7, 11) is 0. The largest absolute Gasteiger partial charge is 0.507 e. The van der Waals surface area contributed by atoms with Gasteiger partial charge in [-0.2, -0.15) is 0 Å². The smallest absolute Gasteiger partial charge is 0.295 e. The van der Waals surface area contributed by atoms with Crippen LogP contribution in [0.2, 0.25) is 0 Å². The number of aryl methyl sites for hydroxylation is 1. The van der Waals surface area contributed by atoms with E-state index in [1.54, 1.807) is 29.2 Å². The fourth-order valence-electron chi connectivity index (χ4n) is 4.59. The molecule has 0 radical (unpaired) electrons. The highest BCUT2D eigenvalue weighted by atomic mass is 16.5. The molecule has 38 heavy (non-hydrogen) atoms. The van der Waals surface area contributed by atoms with Crippen LogP contribution in [-0.2, 0) is 9.59 Å². The molecular weight excluding hydrogens is 480 g/mol. The minimum atomic E-state index is -0.702. The number of unbranched alkanes of at least 4 members (excludes halogenated alkanes) is 1. The number of rotatable bonds is 14. The van der Waals surface area contributed by atoms with E-state index < -0.39 is 17.7 Å². The normalized spacial score (nSPS) is 16.8. The maximum absolute atomic E-state index is 13.3. The lowest BCUT2D eigenvalue weighted by molar-refractivity contribution is -0.140. The molecule has 0 saturated carbocycles. The Labute approximate surface area is 226 Å². The fraction of sp³-hybridized carbons (Fsp3) is 0.419. The van der Waals surface area contributed by atoms with Crippen molar-refractivity contribution in [3.63, 3.8) is 0 Å². The number of carbonyl (C=O) groups is 2. The van der Waals surface area contributed by atoms with E-state index in [1.807, 2.05) is 31.2 Å². The fourth-order valence-corrected chi connectivity index (χ4v) is 4.59. The molecule has 0 aliphatic carbocycles. The van der Waals surface area contributed by atoms with Gasteiger partial charge in [-0.25, -0.2) is 0 Å². The number of amides is 1. The third-order valence-corrected chi connectivity index (χ3v) is 6.86. The van der Waals surface area contributed by atoms with E-state index in [1.165, 1.54) is 0 Å². The molecule has 1 unspecified atom stereocenters. The summed E-state index contributed by atoms with van der Waals surface area (Å²) >= 11 is 0. The van der Waals surface area contributed by atoms with Crippen molar-refractivity contribution in [3.8, 4) is 11.5 Å². The van der Waals surface area contributed by atoms with E-state index >= 15 is 0 Å². The van der Waals surface area contributed by atoms with E-state index in [-0.39, 0.29) is 11.3 Å². The predicted octanol–water partition coefficient (Wildman–Crippen LogP) is 5.50. The van der Waals surface area contributed by atoms with Crippen LogP contribution in [-0.4, -0.2) is 66.0 Å². The molecule has 0 bridgehead atoms. The van der Waals surface area contributed by atoms with E-state index in [9.17, 15) is 14.7 Å². The number of hydrogen-bond donors (Lipinski definition) is 1. The van der Waals surface area contributed by atoms with Gasteiger partial charge in [-0.15, -0.1) is 0 Å². The Morgan fingerprint density at radius 2 is 1.79 bits per heavy atom. The Kier molecular flexibility index (Phi) is 10.5. The van der Waals surface area contributed by atoms with Crippen molar-refractivity contribution in [1.29, 1.82) is 0 Å². The maximum atomic E-state index is 13.3. The van der Waals surface area contributed by atoms with E-state index in [0.717, 1.165) is 42.8 Å². The Balaban J connectivity index is 2.03. The topological polar surface area (TPSA) is 79.3 Å². The number of ether oxygens (including phenoxy) is 2. The quantitative estimate of drug-likeness (QED) is 0.116. The molecule has 1 fully saturated rings. The number of Topliss-reactive ketones (excluding diaryl/α,β-unsaturated/α-hetero) is 1. The number of aliphatic hydroxyl groups is 1. The molecule has 0 aromatic heterocycles. The number of likely N-dealkylation sites (N-methyl/N-ethyl adjacent to an activating group) is 1. The van der Waals surface area contributed by atoms with Gasteiger partial charge in [-0.1, -0.05) is 52.0 Å². The molecule has 1 N–H and O–H groups in total. The maximum Gasteiger partial charge on any atom is 0.295 e. The molecular formula is C31H40N2O5. The first-order valence-electron chi connectivity index (χ1n) is 13.4. The number of carbonyl (C=O) groups excluding carboxylic acids is 2. The van der Waals surface area contributed by atoms with Crippen molar-refractivity contribution in [1.82, 2.24) is 9.80 Å². The molecule has 204 valence electrons. The van der Waals surface area contributed by atoms with Crippen LogP contribution in [0.3, 0.4) is 0 Å². The lowest BCUT2D eigenvalue weighted by Crippen LogP contribution is -2.38. The summed E-state index contributed by atoms with van der Waals surface area (Å²) in [4.78, 5) is 30.4. The monoisotopic (exact) mass is 520 g/mol. The van der Waals surface area contributed by atoms with Gasteiger partial charge in [0.25, 0.3) is 11.7 Å². The Morgan fingerprint density at radius 3 is 2.39 bits per heavy atom. The van der Waals surface area contributed by atoms with Gasteiger partial charge in [-0.3, -0.25) is 9.59 Å². The molecule has 7 nitrogen and oxygen atoms in total. The number of hydrogen-bond acceptors (Lipinski definition) is 6. The lowest BCUT2D eigenvalue weighted by atomic mass is 9.94. The Morgan fingerprint density at radius 1 is 1.08 bits per heavy atom. The molecule has 0 spiro atoms. The zero-order valence-corrected chi connectivity index (χ0v) is 23.0. The highest BCUT2D eigenvalue weighted by Crippen LogP contribution is 2.40. The van der Waals surface area contributed by atoms with Crippen LogP contribution in [0.25, 0.3) is 5.76 Å². The highest BCUT2D eigenvalue weighted by Gasteiger charge is 2.46.